The zero-order valence-corrected chi connectivity index (χ0v) is 8.51. The van der Waals surface area contributed by atoms with Crippen LogP contribution in [0.4, 0.5) is 0 Å². The van der Waals surface area contributed by atoms with Gasteiger partial charge in [-0.15, -0.1) is 0 Å². The molecule has 1 aliphatic heterocycles. The van der Waals surface area contributed by atoms with E-state index in [4.69, 9.17) is 4.74 Å². The molecule has 0 aromatic carbocycles. The number of nitrogens with one attached hydrogen (secondary N) is 1. The Kier molecular flexibility index (Phi) is 4.22. The van der Waals surface area contributed by atoms with Crippen LogP contribution >= 0.6 is 0 Å². The summed E-state index contributed by atoms with van der Waals surface area (Å²) in [6, 6.07) is 0. The van der Waals surface area contributed by atoms with Gasteiger partial charge in [-0.25, -0.2) is 0 Å². The van der Waals surface area contributed by atoms with Crippen LogP contribution in [0.5, 0.6) is 0 Å². The standard InChI is InChI=1S/C10H19NO2/c1-8(2)13-10(12)7-9-3-5-11-6-4-9/h8-9,11H,3-7H2,1-2H3. The summed E-state index contributed by atoms with van der Waals surface area (Å²) in [5, 5.41) is 3.28. The third-order valence-electron chi connectivity index (χ3n) is 2.28. The van der Waals surface area contributed by atoms with E-state index in [1.54, 1.807) is 0 Å². The third kappa shape index (κ3) is 4.27. The van der Waals surface area contributed by atoms with Gasteiger partial charge in [-0.1, -0.05) is 0 Å². The van der Waals surface area contributed by atoms with Gasteiger partial charge in [-0.3, -0.25) is 4.79 Å². The number of hydrogen-bond donors (Lipinski definition) is 1. The summed E-state index contributed by atoms with van der Waals surface area (Å²) in [7, 11) is 0. The average molecular weight is 185 g/mol. The van der Waals surface area contributed by atoms with Crippen LogP contribution in [0.25, 0.3) is 0 Å². The highest BCUT2D eigenvalue weighted by molar-refractivity contribution is 5.69. The Balaban J connectivity index is 2.18. The summed E-state index contributed by atoms with van der Waals surface area (Å²) >= 11 is 0. The SMILES string of the molecule is CC(C)OC(=O)CC1CCNCC1. The number of rotatable bonds is 3. The molecule has 0 atom stereocenters. The molecule has 0 amide bonds. The van der Waals surface area contributed by atoms with E-state index < -0.39 is 0 Å². The maximum absolute atomic E-state index is 11.3. The minimum Gasteiger partial charge on any atom is -0.463 e. The zero-order valence-electron chi connectivity index (χ0n) is 8.51. The van der Waals surface area contributed by atoms with Crippen molar-refractivity contribution in [3.8, 4) is 0 Å². The number of hydrogen-bond acceptors (Lipinski definition) is 3. The van der Waals surface area contributed by atoms with E-state index in [1.165, 1.54) is 0 Å². The number of ether oxygens (including phenoxy) is 1. The Morgan fingerprint density at radius 2 is 2.08 bits per heavy atom. The largest absolute Gasteiger partial charge is 0.463 e. The maximum Gasteiger partial charge on any atom is 0.306 e. The lowest BCUT2D eigenvalue weighted by atomic mass is 9.95. The lowest BCUT2D eigenvalue weighted by Crippen LogP contribution is -2.29. The van der Waals surface area contributed by atoms with Crippen molar-refractivity contribution >= 4 is 5.97 Å². The molecule has 1 heterocycles. The molecule has 76 valence electrons. The molecule has 0 spiro atoms. The molecular weight excluding hydrogens is 166 g/mol. The van der Waals surface area contributed by atoms with Crippen molar-refractivity contribution in [1.82, 2.24) is 5.32 Å². The van der Waals surface area contributed by atoms with Gasteiger partial charge in [0, 0.05) is 6.42 Å². The summed E-state index contributed by atoms with van der Waals surface area (Å²) in [6.45, 7) is 5.86. The van der Waals surface area contributed by atoms with Gasteiger partial charge in [-0.2, -0.15) is 0 Å². The first-order chi connectivity index (χ1) is 6.18. The quantitative estimate of drug-likeness (QED) is 0.674. The smallest absolute Gasteiger partial charge is 0.306 e. The second-order valence-corrected chi connectivity index (χ2v) is 3.94. The Morgan fingerprint density at radius 1 is 1.46 bits per heavy atom. The van der Waals surface area contributed by atoms with Crippen molar-refractivity contribution in [1.29, 1.82) is 0 Å². The van der Waals surface area contributed by atoms with Crippen molar-refractivity contribution in [3.05, 3.63) is 0 Å². The fourth-order valence-corrected chi connectivity index (χ4v) is 1.63. The van der Waals surface area contributed by atoms with Crippen LogP contribution in [-0.2, 0) is 9.53 Å². The molecular formula is C10H19NO2. The average Bonchev–Trinajstić information content (AvgIpc) is 2.04. The summed E-state index contributed by atoms with van der Waals surface area (Å²) in [5.74, 6) is 0.495. The van der Waals surface area contributed by atoms with Crippen LogP contribution in [0.3, 0.4) is 0 Å². The van der Waals surface area contributed by atoms with Crippen molar-refractivity contribution in [3.63, 3.8) is 0 Å². The van der Waals surface area contributed by atoms with Crippen LogP contribution in [0.2, 0.25) is 0 Å². The first-order valence-electron chi connectivity index (χ1n) is 5.08. The van der Waals surface area contributed by atoms with Crippen LogP contribution in [0, 0.1) is 5.92 Å². The van der Waals surface area contributed by atoms with Gasteiger partial charge >= 0.3 is 5.97 Å². The molecule has 0 saturated carbocycles. The first-order valence-corrected chi connectivity index (χ1v) is 5.08. The number of esters is 1. The van der Waals surface area contributed by atoms with Gasteiger partial charge in [-0.05, 0) is 45.7 Å². The Bertz CT molecular complexity index is 162. The molecule has 1 saturated heterocycles. The molecule has 1 aliphatic rings. The molecule has 3 heteroatoms. The van der Waals surface area contributed by atoms with Gasteiger partial charge < -0.3 is 10.1 Å². The molecule has 0 radical (unpaired) electrons. The van der Waals surface area contributed by atoms with Gasteiger partial charge in [0.1, 0.15) is 0 Å². The number of carbonyl (C=O) groups excluding carboxylic acids is 1. The maximum atomic E-state index is 11.3. The lowest BCUT2D eigenvalue weighted by molar-refractivity contribution is -0.148. The highest BCUT2D eigenvalue weighted by Gasteiger charge is 2.17. The van der Waals surface area contributed by atoms with E-state index in [0.29, 0.717) is 12.3 Å². The number of piperidine rings is 1. The van der Waals surface area contributed by atoms with Crippen LogP contribution in [0.1, 0.15) is 33.1 Å². The van der Waals surface area contributed by atoms with E-state index in [-0.39, 0.29) is 12.1 Å². The molecule has 1 rings (SSSR count). The van der Waals surface area contributed by atoms with Crippen molar-refractivity contribution in [2.75, 3.05) is 13.1 Å². The van der Waals surface area contributed by atoms with Gasteiger partial charge in [0.15, 0.2) is 0 Å². The monoisotopic (exact) mass is 185 g/mol. The minimum atomic E-state index is -0.0399. The van der Waals surface area contributed by atoms with E-state index in [9.17, 15) is 4.79 Å². The van der Waals surface area contributed by atoms with E-state index in [1.807, 2.05) is 13.8 Å². The van der Waals surface area contributed by atoms with Crippen LogP contribution < -0.4 is 5.32 Å². The highest BCUT2D eigenvalue weighted by Crippen LogP contribution is 2.16. The van der Waals surface area contributed by atoms with Crippen molar-refractivity contribution in [2.45, 2.75) is 39.2 Å². The van der Waals surface area contributed by atoms with Crippen LogP contribution in [-0.4, -0.2) is 25.2 Å². The molecule has 1 fully saturated rings. The third-order valence-corrected chi connectivity index (χ3v) is 2.28. The minimum absolute atomic E-state index is 0.0224. The second kappa shape index (κ2) is 5.22. The molecule has 0 bridgehead atoms. The molecule has 0 aromatic rings. The zero-order chi connectivity index (χ0) is 9.68. The second-order valence-electron chi connectivity index (χ2n) is 3.94. The summed E-state index contributed by atoms with van der Waals surface area (Å²) in [5.41, 5.74) is 0. The van der Waals surface area contributed by atoms with Gasteiger partial charge in [0.25, 0.3) is 0 Å². The molecule has 0 unspecified atom stereocenters. The topological polar surface area (TPSA) is 38.3 Å². The van der Waals surface area contributed by atoms with E-state index in [2.05, 4.69) is 5.32 Å². The first kappa shape index (κ1) is 10.5. The van der Waals surface area contributed by atoms with Crippen molar-refractivity contribution < 1.29 is 9.53 Å². The molecule has 0 aliphatic carbocycles. The molecule has 13 heavy (non-hydrogen) atoms. The molecule has 0 aromatic heterocycles. The molecule has 1 N–H and O–H groups in total. The number of carbonyl (C=O) groups is 1. The molecule has 3 nitrogen and oxygen atoms in total. The summed E-state index contributed by atoms with van der Waals surface area (Å²) < 4.78 is 5.09. The van der Waals surface area contributed by atoms with Gasteiger partial charge in [0.05, 0.1) is 6.10 Å². The fraction of sp³-hybridized carbons (Fsp3) is 0.900. The highest BCUT2D eigenvalue weighted by atomic mass is 16.5. The fourth-order valence-electron chi connectivity index (χ4n) is 1.63. The van der Waals surface area contributed by atoms with Crippen molar-refractivity contribution in [2.24, 2.45) is 5.92 Å². The normalized spacial score (nSPS) is 19.0. The Labute approximate surface area is 79.8 Å². The Hall–Kier alpha value is -0.570. The Morgan fingerprint density at radius 3 is 2.62 bits per heavy atom. The van der Waals surface area contributed by atoms with Gasteiger partial charge in [0.2, 0.25) is 0 Å². The van der Waals surface area contributed by atoms with E-state index in [0.717, 1.165) is 25.9 Å². The summed E-state index contributed by atoms with van der Waals surface area (Å²) in [6.07, 6.45) is 2.83. The van der Waals surface area contributed by atoms with Crippen LogP contribution in [0.15, 0.2) is 0 Å². The summed E-state index contributed by atoms with van der Waals surface area (Å²) in [4.78, 5) is 11.3. The predicted octanol–water partition coefficient (Wildman–Crippen LogP) is 1.33. The van der Waals surface area contributed by atoms with E-state index >= 15 is 0 Å². The predicted molar refractivity (Wildman–Crippen MR) is 51.4 cm³/mol. The lowest BCUT2D eigenvalue weighted by Gasteiger charge is -2.21.